The predicted octanol–water partition coefficient (Wildman–Crippen LogP) is 4.25. The summed E-state index contributed by atoms with van der Waals surface area (Å²) >= 11 is 0. The van der Waals surface area contributed by atoms with E-state index in [-0.39, 0.29) is 5.91 Å². The van der Waals surface area contributed by atoms with Gasteiger partial charge < -0.3 is 15.0 Å². The fourth-order valence-corrected chi connectivity index (χ4v) is 2.97. The lowest BCUT2D eigenvalue weighted by molar-refractivity contribution is 0.0767. The van der Waals surface area contributed by atoms with E-state index in [0.29, 0.717) is 37.0 Å². The Labute approximate surface area is 171 Å². The highest BCUT2D eigenvalue weighted by Gasteiger charge is 2.17. The molecule has 2 aromatic carbocycles. The number of aromatic nitrogens is 2. The number of rotatable bonds is 8. The number of benzene rings is 2. The van der Waals surface area contributed by atoms with Gasteiger partial charge in [-0.3, -0.25) is 4.79 Å². The van der Waals surface area contributed by atoms with Crippen molar-refractivity contribution in [2.24, 2.45) is 0 Å². The van der Waals surface area contributed by atoms with E-state index >= 15 is 0 Å². The summed E-state index contributed by atoms with van der Waals surface area (Å²) in [5.41, 5.74) is 2.34. The second kappa shape index (κ2) is 9.68. The third-order valence-corrected chi connectivity index (χ3v) is 4.66. The minimum Gasteiger partial charge on any atom is -0.497 e. The number of nitrogens with zero attached hydrogens (tertiary/aromatic N) is 3. The molecule has 6 heteroatoms. The lowest BCUT2D eigenvalue weighted by Gasteiger charge is -2.19. The van der Waals surface area contributed by atoms with Gasteiger partial charge in [0.05, 0.1) is 7.11 Å². The molecule has 29 heavy (non-hydrogen) atoms. The van der Waals surface area contributed by atoms with Crippen LogP contribution in [0.2, 0.25) is 0 Å². The van der Waals surface area contributed by atoms with Crippen molar-refractivity contribution in [2.75, 3.05) is 25.5 Å². The molecule has 0 spiro atoms. The first kappa shape index (κ1) is 20.3. The largest absolute Gasteiger partial charge is 0.497 e. The van der Waals surface area contributed by atoms with E-state index in [2.05, 4.69) is 15.3 Å². The Morgan fingerprint density at radius 2 is 1.69 bits per heavy atom. The summed E-state index contributed by atoms with van der Waals surface area (Å²) in [7, 11) is 1.65. The average molecular weight is 390 g/mol. The number of nitrogens with one attached hydrogen (secondary N) is 1. The molecular formula is C23H26N4O2. The van der Waals surface area contributed by atoms with E-state index in [1.54, 1.807) is 18.1 Å². The molecule has 1 amide bonds. The molecule has 1 heterocycles. The van der Waals surface area contributed by atoms with Crippen molar-refractivity contribution in [3.8, 4) is 17.1 Å². The van der Waals surface area contributed by atoms with Crippen molar-refractivity contribution in [3.05, 3.63) is 71.9 Å². The van der Waals surface area contributed by atoms with Gasteiger partial charge >= 0.3 is 0 Å². The topological polar surface area (TPSA) is 67.4 Å². The van der Waals surface area contributed by atoms with Crippen molar-refractivity contribution >= 4 is 11.7 Å². The Morgan fingerprint density at radius 1 is 1.00 bits per heavy atom. The maximum atomic E-state index is 12.9. The average Bonchev–Trinajstić information content (AvgIpc) is 2.79. The first-order valence-electron chi connectivity index (χ1n) is 9.75. The van der Waals surface area contributed by atoms with E-state index in [0.717, 1.165) is 16.9 Å². The third-order valence-electron chi connectivity index (χ3n) is 4.66. The van der Waals surface area contributed by atoms with Crippen LogP contribution in [-0.4, -0.2) is 41.0 Å². The second-order valence-corrected chi connectivity index (χ2v) is 6.51. The molecule has 0 aliphatic carbocycles. The molecule has 150 valence electrons. The number of amides is 1. The number of ether oxygens (including phenoxy) is 1. The van der Waals surface area contributed by atoms with E-state index < -0.39 is 0 Å². The molecule has 0 saturated carbocycles. The van der Waals surface area contributed by atoms with Gasteiger partial charge in [0.2, 0.25) is 0 Å². The molecule has 3 aromatic rings. The lowest BCUT2D eigenvalue weighted by atomic mass is 10.2. The zero-order valence-electron chi connectivity index (χ0n) is 17.1. The highest BCUT2D eigenvalue weighted by Crippen LogP contribution is 2.20. The Balaban J connectivity index is 1.90. The van der Waals surface area contributed by atoms with Crippen molar-refractivity contribution in [2.45, 2.75) is 20.4 Å². The summed E-state index contributed by atoms with van der Waals surface area (Å²) in [4.78, 5) is 23.8. The molecule has 0 bridgehead atoms. The highest BCUT2D eigenvalue weighted by atomic mass is 16.5. The van der Waals surface area contributed by atoms with Gasteiger partial charge in [-0.25, -0.2) is 9.97 Å². The molecule has 0 fully saturated rings. The highest BCUT2D eigenvalue weighted by molar-refractivity contribution is 5.93. The van der Waals surface area contributed by atoms with Gasteiger partial charge in [-0.2, -0.15) is 0 Å². The summed E-state index contributed by atoms with van der Waals surface area (Å²) in [6.45, 7) is 5.77. The maximum Gasteiger partial charge on any atom is 0.272 e. The molecule has 0 unspecified atom stereocenters. The standard InChI is InChI=1S/C23H26N4O2/c1-4-27(5-2)23(28)20-15-21(24-16-17-11-13-19(29-3)14-12-17)26-22(25-20)18-9-7-6-8-10-18/h6-15H,4-5,16H2,1-3H3,(H,24,25,26). The molecule has 1 N–H and O–H groups in total. The molecule has 0 aliphatic heterocycles. The van der Waals surface area contributed by atoms with E-state index in [4.69, 9.17) is 4.74 Å². The first-order chi connectivity index (χ1) is 14.1. The fourth-order valence-electron chi connectivity index (χ4n) is 2.97. The summed E-state index contributed by atoms with van der Waals surface area (Å²) < 4.78 is 5.20. The monoisotopic (exact) mass is 390 g/mol. The van der Waals surface area contributed by atoms with Gasteiger partial charge in [-0.1, -0.05) is 42.5 Å². The number of carbonyl (C=O) groups is 1. The molecule has 6 nitrogen and oxygen atoms in total. The summed E-state index contributed by atoms with van der Waals surface area (Å²) in [6.07, 6.45) is 0. The van der Waals surface area contributed by atoms with Crippen molar-refractivity contribution in [1.29, 1.82) is 0 Å². The van der Waals surface area contributed by atoms with Crippen LogP contribution in [0.4, 0.5) is 5.82 Å². The van der Waals surface area contributed by atoms with Crippen LogP contribution in [0.5, 0.6) is 5.75 Å². The number of carbonyl (C=O) groups excluding carboxylic acids is 1. The van der Waals surface area contributed by atoms with Crippen molar-refractivity contribution < 1.29 is 9.53 Å². The van der Waals surface area contributed by atoms with E-state index in [1.807, 2.05) is 68.4 Å². The van der Waals surface area contributed by atoms with Gasteiger partial charge in [0.1, 0.15) is 17.3 Å². The molecule has 0 radical (unpaired) electrons. The normalized spacial score (nSPS) is 10.4. The molecular weight excluding hydrogens is 364 g/mol. The number of hydrogen-bond acceptors (Lipinski definition) is 5. The van der Waals surface area contributed by atoms with Crippen LogP contribution in [0.1, 0.15) is 29.9 Å². The predicted molar refractivity (Wildman–Crippen MR) is 115 cm³/mol. The van der Waals surface area contributed by atoms with Crippen molar-refractivity contribution in [1.82, 2.24) is 14.9 Å². The van der Waals surface area contributed by atoms with Crippen LogP contribution in [0.25, 0.3) is 11.4 Å². The second-order valence-electron chi connectivity index (χ2n) is 6.51. The molecule has 1 aromatic heterocycles. The van der Waals surface area contributed by atoms with Gasteiger partial charge in [0.25, 0.3) is 5.91 Å². The van der Waals surface area contributed by atoms with Crippen LogP contribution >= 0.6 is 0 Å². The fraction of sp³-hybridized carbons (Fsp3) is 0.261. The molecule has 3 rings (SSSR count). The number of anilines is 1. The first-order valence-corrected chi connectivity index (χ1v) is 9.75. The third kappa shape index (κ3) is 5.10. The number of methoxy groups -OCH3 is 1. The summed E-state index contributed by atoms with van der Waals surface area (Å²) in [6, 6.07) is 19.2. The van der Waals surface area contributed by atoms with Crippen LogP contribution in [-0.2, 0) is 6.54 Å². The van der Waals surface area contributed by atoms with Crippen LogP contribution in [0.15, 0.2) is 60.7 Å². The molecule has 0 aliphatic rings. The van der Waals surface area contributed by atoms with E-state index in [1.165, 1.54) is 0 Å². The van der Waals surface area contributed by atoms with Crippen LogP contribution < -0.4 is 10.1 Å². The van der Waals surface area contributed by atoms with Gasteiger partial charge in [-0.15, -0.1) is 0 Å². The minimum absolute atomic E-state index is 0.0953. The SMILES string of the molecule is CCN(CC)C(=O)c1cc(NCc2ccc(OC)cc2)nc(-c2ccccc2)n1. The Hall–Kier alpha value is -3.41. The minimum atomic E-state index is -0.0953. The summed E-state index contributed by atoms with van der Waals surface area (Å²) in [5.74, 6) is 1.86. The zero-order valence-corrected chi connectivity index (χ0v) is 17.1. The molecule has 0 atom stereocenters. The summed E-state index contributed by atoms with van der Waals surface area (Å²) in [5, 5.41) is 3.32. The van der Waals surface area contributed by atoms with Crippen LogP contribution in [0, 0.1) is 0 Å². The maximum absolute atomic E-state index is 12.9. The van der Waals surface area contributed by atoms with Crippen molar-refractivity contribution in [3.63, 3.8) is 0 Å². The quantitative estimate of drug-likeness (QED) is 0.623. The van der Waals surface area contributed by atoms with Crippen LogP contribution in [0.3, 0.4) is 0 Å². The van der Waals surface area contributed by atoms with Gasteiger partial charge in [-0.05, 0) is 31.5 Å². The smallest absolute Gasteiger partial charge is 0.272 e. The molecule has 0 saturated heterocycles. The Bertz CT molecular complexity index is 939. The van der Waals surface area contributed by atoms with Gasteiger partial charge in [0.15, 0.2) is 5.82 Å². The van der Waals surface area contributed by atoms with Gasteiger partial charge in [0, 0.05) is 31.3 Å². The zero-order chi connectivity index (χ0) is 20.6. The van der Waals surface area contributed by atoms with E-state index in [9.17, 15) is 4.79 Å². The number of hydrogen-bond donors (Lipinski definition) is 1. The Kier molecular flexibility index (Phi) is 6.79. The Morgan fingerprint density at radius 3 is 2.31 bits per heavy atom. The lowest BCUT2D eigenvalue weighted by Crippen LogP contribution is -2.31.